The third kappa shape index (κ3) is 2.94. The third-order valence-electron chi connectivity index (χ3n) is 3.30. The highest BCUT2D eigenvalue weighted by Gasteiger charge is 2.16. The topological polar surface area (TPSA) is 59.8 Å². The molecule has 1 aromatic carbocycles. The highest BCUT2D eigenvalue weighted by Crippen LogP contribution is 2.17. The van der Waals surface area contributed by atoms with Crippen LogP contribution in [0.15, 0.2) is 48.8 Å². The SMILES string of the molecule is Cc1c(C(=O)Nc2ccc(F)c(F)c2)cnn1-c1ccccn1. The molecule has 0 aliphatic carbocycles. The number of rotatable bonds is 3. The summed E-state index contributed by atoms with van der Waals surface area (Å²) in [6, 6.07) is 8.51. The summed E-state index contributed by atoms with van der Waals surface area (Å²) >= 11 is 0. The van der Waals surface area contributed by atoms with E-state index < -0.39 is 17.5 Å². The van der Waals surface area contributed by atoms with Crippen molar-refractivity contribution in [2.24, 2.45) is 0 Å². The van der Waals surface area contributed by atoms with E-state index in [1.807, 2.05) is 6.07 Å². The lowest BCUT2D eigenvalue weighted by atomic mass is 10.2. The van der Waals surface area contributed by atoms with Gasteiger partial charge in [0, 0.05) is 18.0 Å². The van der Waals surface area contributed by atoms with Crippen LogP contribution in [-0.4, -0.2) is 20.7 Å². The van der Waals surface area contributed by atoms with Gasteiger partial charge in [-0.05, 0) is 31.2 Å². The van der Waals surface area contributed by atoms with Crippen molar-refractivity contribution in [1.29, 1.82) is 0 Å². The van der Waals surface area contributed by atoms with E-state index in [0.29, 0.717) is 17.1 Å². The minimum absolute atomic E-state index is 0.166. The van der Waals surface area contributed by atoms with Crippen molar-refractivity contribution in [2.75, 3.05) is 5.32 Å². The fourth-order valence-electron chi connectivity index (χ4n) is 2.11. The molecule has 3 rings (SSSR count). The van der Waals surface area contributed by atoms with Crippen molar-refractivity contribution in [1.82, 2.24) is 14.8 Å². The maximum atomic E-state index is 13.2. The fourth-order valence-corrected chi connectivity index (χ4v) is 2.11. The van der Waals surface area contributed by atoms with Gasteiger partial charge in [0.05, 0.1) is 17.5 Å². The number of carbonyl (C=O) groups is 1. The number of amides is 1. The number of aromatic nitrogens is 3. The Kier molecular flexibility index (Phi) is 3.84. The van der Waals surface area contributed by atoms with Crippen molar-refractivity contribution in [3.8, 4) is 5.82 Å². The molecule has 0 spiro atoms. The van der Waals surface area contributed by atoms with Gasteiger partial charge in [-0.2, -0.15) is 5.10 Å². The highest BCUT2D eigenvalue weighted by molar-refractivity contribution is 6.04. The Morgan fingerprint density at radius 3 is 2.70 bits per heavy atom. The van der Waals surface area contributed by atoms with Gasteiger partial charge in [-0.15, -0.1) is 0 Å². The van der Waals surface area contributed by atoms with Crippen LogP contribution in [0.5, 0.6) is 0 Å². The fraction of sp³-hybridized carbons (Fsp3) is 0.0625. The van der Waals surface area contributed by atoms with Crippen molar-refractivity contribution in [3.63, 3.8) is 0 Å². The zero-order chi connectivity index (χ0) is 16.4. The van der Waals surface area contributed by atoms with Crippen LogP contribution in [0.1, 0.15) is 16.1 Å². The van der Waals surface area contributed by atoms with Crippen molar-refractivity contribution < 1.29 is 13.6 Å². The van der Waals surface area contributed by atoms with E-state index in [1.54, 1.807) is 25.3 Å². The van der Waals surface area contributed by atoms with Gasteiger partial charge in [0.25, 0.3) is 5.91 Å². The number of carbonyl (C=O) groups excluding carboxylic acids is 1. The second-order valence-electron chi connectivity index (χ2n) is 4.83. The van der Waals surface area contributed by atoms with Gasteiger partial charge < -0.3 is 5.32 Å². The molecule has 0 aliphatic heterocycles. The minimum Gasteiger partial charge on any atom is -0.322 e. The molecular weight excluding hydrogens is 302 g/mol. The molecule has 116 valence electrons. The Morgan fingerprint density at radius 1 is 1.17 bits per heavy atom. The molecule has 5 nitrogen and oxygen atoms in total. The van der Waals surface area contributed by atoms with Crippen molar-refractivity contribution >= 4 is 11.6 Å². The molecule has 0 radical (unpaired) electrons. The number of hydrogen-bond donors (Lipinski definition) is 1. The molecule has 7 heteroatoms. The standard InChI is InChI=1S/C16H12F2N4O/c1-10-12(9-20-22(10)15-4-2-3-7-19-15)16(23)21-11-5-6-13(17)14(18)8-11/h2-9H,1H3,(H,21,23). The summed E-state index contributed by atoms with van der Waals surface area (Å²) in [4.78, 5) is 16.4. The van der Waals surface area contributed by atoms with Crippen molar-refractivity contribution in [2.45, 2.75) is 6.92 Å². The molecular formula is C16H12F2N4O. The average molecular weight is 314 g/mol. The molecule has 0 saturated carbocycles. The first-order valence-electron chi connectivity index (χ1n) is 6.78. The van der Waals surface area contributed by atoms with Gasteiger partial charge in [-0.25, -0.2) is 18.4 Å². The van der Waals surface area contributed by atoms with Gasteiger partial charge in [0.2, 0.25) is 0 Å². The number of nitrogens with one attached hydrogen (secondary N) is 1. The quantitative estimate of drug-likeness (QED) is 0.808. The summed E-state index contributed by atoms with van der Waals surface area (Å²) in [7, 11) is 0. The summed E-state index contributed by atoms with van der Waals surface area (Å²) < 4.78 is 27.6. The van der Waals surface area contributed by atoms with Crippen LogP contribution in [0.2, 0.25) is 0 Å². The number of nitrogens with zero attached hydrogens (tertiary/aromatic N) is 3. The Bertz CT molecular complexity index is 862. The molecule has 0 aliphatic rings. The smallest absolute Gasteiger partial charge is 0.259 e. The molecule has 0 atom stereocenters. The predicted octanol–water partition coefficient (Wildman–Crippen LogP) is 3.11. The van der Waals surface area contributed by atoms with E-state index in [2.05, 4.69) is 15.4 Å². The van der Waals surface area contributed by atoms with Gasteiger partial charge >= 0.3 is 0 Å². The Hall–Kier alpha value is -3.09. The van der Waals surface area contributed by atoms with Crippen molar-refractivity contribution in [3.05, 3.63) is 71.7 Å². The van der Waals surface area contributed by atoms with Crippen LogP contribution in [0.3, 0.4) is 0 Å². The van der Waals surface area contributed by atoms with Crippen LogP contribution in [0.4, 0.5) is 14.5 Å². The summed E-state index contributed by atoms with van der Waals surface area (Å²) in [5, 5.41) is 6.65. The molecule has 1 N–H and O–H groups in total. The van der Waals surface area contributed by atoms with Crippen LogP contribution in [0, 0.1) is 18.6 Å². The highest BCUT2D eigenvalue weighted by atomic mass is 19.2. The number of anilines is 1. The number of hydrogen-bond acceptors (Lipinski definition) is 3. The van der Waals surface area contributed by atoms with Crippen LogP contribution in [-0.2, 0) is 0 Å². The molecule has 1 amide bonds. The van der Waals surface area contributed by atoms with Gasteiger partial charge in [-0.1, -0.05) is 6.07 Å². The zero-order valence-electron chi connectivity index (χ0n) is 12.1. The Labute approximate surface area is 130 Å². The Balaban J connectivity index is 1.86. The maximum Gasteiger partial charge on any atom is 0.259 e. The normalized spacial score (nSPS) is 10.6. The summed E-state index contributed by atoms with van der Waals surface area (Å²) in [5.41, 5.74) is 1.07. The second kappa shape index (κ2) is 5.96. The maximum absolute atomic E-state index is 13.2. The van der Waals surface area contributed by atoms with E-state index in [0.717, 1.165) is 12.1 Å². The first-order valence-corrected chi connectivity index (χ1v) is 6.78. The largest absolute Gasteiger partial charge is 0.322 e. The van der Waals surface area contributed by atoms with E-state index in [9.17, 15) is 13.6 Å². The summed E-state index contributed by atoms with van der Waals surface area (Å²) in [6.07, 6.45) is 3.02. The molecule has 0 saturated heterocycles. The van der Waals surface area contributed by atoms with Crippen LogP contribution >= 0.6 is 0 Å². The summed E-state index contributed by atoms with van der Waals surface area (Å²) in [6.45, 7) is 1.72. The number of benzene rings is 1. The monoisotopic (exact) mass is 314 g/mol. The first kappa shape index (κ1) is 14.8. The minimum atomic E-state index is -1.02. The molecule has 0 unspecified atom stereocenters. The van der Waals surface area contributed by atoms with E-state index >= 15 is 0 Å². The predicted molar refractivity (Wildman–Crippen MR) is 80.4 cm³/mol. The molecule has 2 heterocycles. The van der Waals surface area contributed by atoms with Gasteiger partial charge in [-0.3, -0.25) is 4.79 Å². The number of pyridine rings is 1. The second-order valence-corrected chi connectivity index (χ2v) is 4.83. The van der Waals surface area contributed by atoms with Crippen LogP contribution < -0.4 is 5.32 Å². The first-order chi connectivity index (χ1) is 11.1. The lowest BCUT2D eigenvalue weighted by Gasteiger charge is -2.06. The van der Waals surface area contributed by atoms with E-state index in [1.165, 1.54) is 16.9 Å². The zero-order valence-corrected chi connectivity index (χ0v) is 12.1. The third-order valence-corrected chi connectivity index (χ3v) is 3.30. The lowest BCUT2D eigenvalue weighted by molar-refractivity contribution is 0.102. The van der Waals surface area contributed by atoms with E-state index in [4.69, 9.17) is 0 Å². The molecule has 23 heavy (non-hydrogen) atoms. The average Bonchev–Trinajstić information content (AvgIpc) is 2.93. The van der Waals surface area contributed by atoms with Crippen LogP contribution in [0.25, 0.3) is 5.82 Å². The number of halogens is 2. The van der Waals surface area contributed by atoms with Gasteiger partial charge in [0.1, 0.15) is 0 Å². The molecule has 2 aromatic heterocycles. The molecule has 0 bridgehead atoms. The van der Waals surface area contributed by atoms with E-state index in [-0.39, 0.29) is 5.69 Å². The van der Waals surface area contributed by atoms with Gasteiger partial charge in [0.15, 0.2) is 17.5 Å². The molecule has 3 aromatic rings. The molecule has 0 fully saturated rings. The Morgan fingerprint density at radius 2 is 2.00 bits per heavy atom. The lowest BCUT2D eigenvalue weighted by Crippen LogP contribution is -2.13. The summed E-state index contributed by atoms with van der Waals surface area (Å²) in [5.74, 6) is -1.88.